The van der Waals surface area contributed by atoms with Gasteiger partial charge in [-0.1, -0.05) is 109 Å². The quantitative estimate of drug-likeness (QED) is 0.0867. The van der Waals surface area contributed by atoms with Crippen molar-refractivity contribution < 1.29 is 50.4 Å². The molecule has 49 heavy (non-hydrogen) atoms. The van der Waals surface area contributed by atoms with Gasteiger partial charge < -0.3 is 28.7 Å². The van der Waals surface area contributed by atoms with Gasteiger partial charge in [-0.15, -0.1) is 0 Å². The highest BCUT2D eigenvalue weighted by Crippen LogP contribution is 2.55. The molecule has 24 heteroatoms. The van der Waals surface area contributed by atoms with Crippen molar-refractivity contribution >= 4 is 46.6 Å². The summed E-state index contributed by atoms with van der Waals surface area (Å²) < 4.78 is 22.3. The summed E-state index contributed by atoms with van der Waals surface area (Å²) >= 11 is 0. The average molecular weight is 723 g/mol. The van der Waals surface area contributed by atoms with Gasteiger partial charge in [0, 0.05) is 32.9 Å². The van der Waals surface area contributed by atoms with E-state index < -0.39 is 20.2 Å². The number of benzene rings is 1. The van der Waals surface area contributed by atoms with E-state index in [0.717, 1.165) is 12.8 Å². The summed E-state index contributed by atoms with van der Waals surface area (Å²) in [5.41, 5.74) is 6.59. The summed E-state index contributed by atoms with van der Waals surface area (Å²) in [6, 6.07) is 6.18. The summed E-state index contributed by atoms with van der Waals surface area (Å²) in [5, 5.41) is 38.1. The Bertz CT molecular complexity index is 1370. The minimum Gasteiger partial charge on any atom is -0.807 e. The van der Waals surface area contributed by atoms with E-state index in [4.69, 9.17) is 0 Å². The Balaban J connectivity index is 0.000000467. The van der Waals surface area contributed by atoms with Gasteiger partial charge in [-0.2, -0.15) is 21.7 Å². The predicted molar refractivity (Wildman–Crippen MR) is 169 cm³/mol. The van der Waals surface area contributed by atoms with Crippen LogP contribution in [0.2, 0.25) is 0 Å². The number of hydrogen-bond acceptors (Lipinski definition) is 18. The Kier molecular flexibility index (Phi) is 24.1. The van der Waals surface area contributed by atoms with Gasteiger partial charge in [0.05, 0.1) is 20.9 Å². The molecule has 4 aliphatic heterocycles. The molecular weight excluding hydrogens is 682 g/mol. The highest BCUT2D eigenvalue weighted by Gasteiger charge is 2.08. The van der Waals surface area contributed by atoms with Crippen LogP contribution in [0.3, 0.4) is 0 Å². The summed E-state index contributed by atoms with van der Waals surface area (Å²) in [4.78, 5) is 44.6. The van der Waals surface area contributed by atoms with Crippen molar-refractivity contribution in [1.82, 2.24) is 0 Å². The monoisotopic (exact) mass is 722 g/mol. The van der Waals surface area contributed by atoms with Crippen LogP contribution in [0.25, 0.3) is 6.08 Å². The molecule has 4 aliphatic rings. The van der Waals surface area contributed by atoms with Gasteiger partial charge in [0.1, 0.15) is 0 Å². The van der Waals surface area contributed by atoms with Crippen LogP contribution in [0.4, 0.5) is 0 Å². The number of nitrogens with zero attached hydrogens (tertiary/aromatic N) is 12. The zero-order chi connectivity index (χ0) is 35.9. The minimum absolute atomic E-state index is 0.112. The van der Waals surface area contributed by atoms with E-state index in [0.29, 0.717) is 18.1 Å². The predicted octanol–water partition coefficient (Wildman–Crippen LogP) is -1.42. The van der Waals surface area contributed by atoms with E-state index in [-0.39, 0.29) is 5.56 Å². The Morgan fingerprint density at radius 2 is 1.06 bits per heavy atom. The molecule has 0 unspecified atom stereocenters. The van der Waals surface area contributed by atoms with Crippen molar-refractivity contribution in [3.05, 3.63) is 40.4 Å². The van der Waals surface area contributed by atoms with Crippen LogP contribution in [-0.2, 0) is 9.13 Å². The van der Waals surface area contributed by atoms with Crippen molar-refractivity contribution in [2.45, 2.75) is 71.1 Å². The van der Waals surface area contributed by atoms with Gasteiger partial charge >= 0.3 is 0 Å². The molecule has 0 aromatic heterocycles. The lowest BCUT2D eigenvalue weighted by Crippen LogP contribution is -2.74. The van der Waals surface area contributed by atoms with Crippen molar-refractivity contribution in [2.75, 3.05) is 0 Å². The van der Waals surface area contributed by atoms with E-state index in [1.165, 1.54) is 104 Å². The van der Waals surface area contributed by atoms with Gasteiger partial charge in [0.25, 0.3) is 0 Å². The van der Waals surface area contributed by atoms with Crippen molar-refractivity contribution in [1.29, 1.82) is 0 Å². The van der Waals surface area contributed by atoms with Gasteiger partial charge in [0.15, 0.2) is 0 Å². The summed E-state index contributed by atoms with van der Waals surface area (Å²) in [6.45, 7) is 2.20. The maximum absolute atomic E-state index is 11.1. The molecule has 8 N–H and O–H groups in total. The molecule has 0 spiro atoms. The number of rotatable bonds is 12. The first-order chi connectivity index (χ1) is 23.7. The molecule has 22 nitrogen and oxygen atoms in total. The molecule has 1 aromatic rings. The van der Waals surface area contributed by atoms with Crippen molar-refractivity contribution in [3.8, 4) is 11.8 Å². The highest BCUT2D eigenvalue weighted by molar-refractivity contribution is 7.74. The molecule has 0 amide bonds. The van der Waals surface area contributed by atoms with Crippen LogP contribution in [-0.4, -0.2) is 25.4 Å². The molecule has 0 fully saturated rings. The van der Waals surface area contributed by atoms with Gasteiger partial charge in [0.2, 0.25) is 25.4 Å². The topological polar surface area (TPSA) is 341 Å². The standard InChI is InChI=1S/C21H32O6P2.4CH2N4/c1-2-3-4-5-6-7-8-9-10-11-12-15-19-16-13-14-17-20(19)18-21(28(22,23)24)29(25,26)27;4*1-2-4-5-3-1/h13-14,16-18H,2-11H2,1H3,(H2,22,23,24)(H2,25,26,27);4*1H,(H,2,3,4,5). The van der Waals surface area contributed by atoms with E-state index in [1.54, 1.807) is 12.1 Å². The fourth-order valence-electron chi connectivity index (χ4n) is 3.46. The van der Waals surface area contributed by atoms with E-state index in [1.807, 2.05) is 0 Å². The fraction of sp³-hybridized carbons (Fsp3) is 0.440. The van der Waals surface area contributed by atoms with Crippen LogP contribution in [0.1, 0.15) is 82.3 Å². The second-order valence-corrected chi connectivity index (χ2v) is 12.7. The number of quaternary nitrogens is 4. The molecule has 0 radical (unpaired) electrons. The molecule has 0 saturated carbocycles. The summed E-state index contributed by atoms with van der Waals surface area (Å²) in [5.74, 6) is 5.85. The Hall–Kier alpha value is -4.26. The summed E-state index contributed by atoms with van der Waals surface area (Å²) in [7, 11) is -11.4. The molecule has 4 heterocycles. The molecule has 0 saturated heterocycles. The molecule has 0 bridgehead atoms. The van der Waals surface area contributed by atoms with Crippen molar-refractivity contribution in [3.63, 3.8) is 0 Å². The number of hydrogen-bond donors (Lipinski definition) is 4. The molecule has 1 aromatic carbocycles. The summed E-state index contributed by atoms with van der Waals surface area (Å²) in [6.07, 6.45) is 18.2. The molecular formula is C25H40N16O6P2. The fourth-order valence-corrected chi connectivity index (χ4v) is 5.26. The third-order valence-electron chi connectivity index (χ3n) is 5.65. The first-order valence-corrected chi connectivity index (χ1v) is 18.1. The number of unbranched alkanes of at least 4 members (excludes halogenated alkanes) is 9. The first-order valence-electron chi connectivity index (χ1n) is 15.0. The number of nitrogens with two attached hydrogens (primary N) is 4. The van der Waals surface area contributed by atoms with Crippen LogP contribution in [0.5, 0.6) is 0 Å². The second kappa shape index (κ2) is 27.7. The first kappa shape index (κ1) is 42.8. The van der Waals surface area contributed by atoms with Crippen LogP contribution >= 0.6 is 15.2 Å². The zero-order valence-electron chi connectivity index (χ0n) is 26.8. The average Bonchev–Trinajstić information content (AvgIpc) is 3.93. The van der Waals surface area contributed by atoms with Crippen LogP contribution in [0.15, 0.2) is 91.5 Å². The smallest absolute Gasteiger partial charge is 0.236 e. The lowest BCUT2D eigenvalue weighted by Gasteiger charge is -2.43. The maximum atomic E-state index is 11.1. The van der Waals surface area contributed by atoms with Crippen molar-refractivity contribution in [2.24, 2.45) is 62.2 Å². The lowest BCUT2D eigenvalue weighted by molar-refractivity contribution is -0.538. The molecule has 0 aliphatic carbocycles. The molecule has 266 valence electrons. The Labute approximate surface area is 282 Å². The second-order valence-electron chi connectivity index (χ2n) is 9.44. The largest absolute Gasteiger partial charge is 0.807 e. The van der Waals surface area contributed by atoms with Crippen LogP contribution < -0.4 is 41.3 Å². The third kappa shape index (κ3) is 24.5. The molecule has 0 atom stereocenters. The minimum atomic E-state index is -5.71. The Morgan fingerprint density at radius 1 is 0.653 bits per heavy atom. The van der Waals surface area contributed by atoms with Gasteiger partial charge in [-0.3, -0.25) is 0 Å². The normalized spacial score (nSPS) is 14.1. The molecule has 5 rings (SSSR count). The van der Waals surface area contributed by atoms with E-state index >= 15 is 0 Å². The van der Waals surface area contributed by atoms with E-state index in [9.17, 15) is 28.7 Å². The third-order valence-corrected chi connectivity index (χ3v) is 8.50. The lowest BCUT2D eigenvalue weighted by atomic mass is 10.1. The van der Waals surface area contributed by atoms with Gasteiger partial charge in [-0.25, -0.2) is 0 Å². The van der Waals surface area contributed by atoms with E-state index in [2.05, 4.69) is 81.0 Å². The van der Waals surface area contributed by atoms with Gasteiger partial charge in [-0.05, 0) is 44.4 Å². The van der Waals surface area contributed by atoms with Crippen LogP contribution in [0, 0.1) is 11.8 Å². The maximum Gasteiger partial charge on any atom is 0.236 e. The SMILES string of the molecule is C1=NN=N[NH2+]1.C1=NN=N[NH2+]1.C1=NN=N[NH2+]1.C1=NN=N[NH2+]1.CCCCCCCCCCCC#Cc1ccccc1C=C(P(=O)([O-])[O-])P(=O)([O-])[O-]. The highest BCUT2D eigenvalue weighted by atomic mass is 31.2. The zero-order valence-corrected chi connectivity index (χ0v) is 28.6. The Morgan fingerprint density at radius 3 is 1.41 bits per heavy atom.